The third-order valence-corrected chi connectivity index (χ3v) is 2.89. The Balaban J connectivity index is 3.35. The summed E-state index contributed by atoms with van der Waals surface area (Å²) in [6.07, 6.45) is 1.19. The molecule has 0 bridgehead atoms. The van der Waals surface area contributed by atoms with Crippen LogP contribution in [-0.2, 0) is 10.0 Å². The number of nitrogens with one attached hydrogen (secondary N) is 1. The molecule has 0 atom stereocenters. The fourth-order valence-electron chi connectivity index (χ4n) is 0.954. The topological polar surface area (TPSA) is 107 Å². The molecule has 8 heteroatoms. The Morgan fingerprint density at radius 1 is 1.50 bits per heavy atom. The Kier molecular flexibility index (Phi) is 3.10. The molecule has 0 amide bonds. The lowest BCUT2D eigenvalue weighted by Crippen LogP contribution is -2.18. The Labute approximate surface area is 90.0 Å². The molecule has 0 unspecified atom stereocenters. The van der Waals surface area contributed by atoms with Gasteiger partial charge in [0.1, 0.15) is 5.82 Å². The molecule has 0 heterocycles. The van der Waals surface area contributed by atoms with Gasteiger partial charge in [-0.15, -0.1) is 0 Å². The number of halogens is 1. The predicted octanol–water partition coefficient (Wildman–Crippen LogP) is 0.283. The molecule has 2 N–H and O–H groups in total. The molecular formula is C8H5FN2O4S. The van der Waals surface area contributed by atoms with Gasteiger partial charge < -0.3 is 5.11 Å². The molecule has 0 saturated carbocycles. The number of aromatic carboxylic acids is 1. The average molecular weight is 244 g/mol. The van der Waals surface area contributed by atoms with E-state index < -0.39 is 32.3 Å². The molecule has 6 nitrogen and oxygen atoms in total. The number of hydrogen-bond donors (Lipinski definition) is 2. The maximum absolute atomic E-state index is 12.9. The summed E-state index contributed by atoms with van der Waals surface area (Å²) in [4.78, 5) is 10.0. The van der Waals surface area contributed by atoms with Crippen LogP contribution in [0.4, 0.5) is 4.39 Å². The molecule has 0 aliphatic rings. The van der Waals surface area contributed by atoms with Crippen molar-refractivity contribution < 1.29 is 22.7 Å². The van der Waals surface area contributed by atoms with Gasteiger partial charge in [-0.3, -0.25) is 0 Å². The van der Waals surface area contributed by atoms with E-state index in [2.05, 4.69) is 0 Å². The summed E-state index contributed by atoms with van der Waals surface area (Å²) in [7, 11) is -4.12. The lowest BCUT2D eigenvalue weighted by Gasteiger charge is -2.03. The fraction of sp³-hybridized carbons (Fsp3) is 0. The van der Waals surface area contributed by atoms with E-state index in [9.17, 15) is 17.6 Å². The molecule has 0 aliphatic heterocycles. The molecular weight excluding hydrogens is 239 g/mol. The number of sulfonamides is 1. The van der Waals surface area contributed by atoms with Crippen LogP contribution in [0, 0.1) is 17.3 Å². The highest BCUT2D eigenvalue weighted by molar-refractivity contribution is 7.89. The van der Waals surface area contributed by atoms with Crippen LogP contribution in [0.5, 0.6) is 0 Å². The minimum atomic E-state index is -4.12. The number of rotatable bonds is 3. The quantitative estimate of drug-likeness (QED) is 0.586. The van der Waals surface area contributed by atoms with E-state index in [-0.39, 0.29) is 0 Å². The number of nitrogens with zero attached hydrogens (tertiary/aromatic N) is 1. The normalized spacial score (nSPS) is 10.5. The van der Waals surface area contributed by atoms with Gasteiger partial charge in [-0.2, -0.15) is 5.26 Å². The van der Waals surface area contributed by atoms with E-state index in [1.54, 1.807) is 0 Å². The molecule has 0 aromatic heterocycles. The minimum Gasteiger partial charge on any atom is -0.478 e. The second-order valence-corrected chi connectivity index (χ2v) is 4.35. The van der Waals surface area contributed by atoms with Crippen LogP contribution >= 0.6 is 0 Å². The van der Waals surface area contributed by atoms with Gasteiger partial charge in [0.15, 0.2) is 6.19 Å². The van der Waals surface area contributed by atoms with Crippen LogP contribution in [0.3, 0.4) is 0 Å². The standard InChI is InChI=1S/C8H5FN2O4S/c9-7-2-1-5(3-6(7)8(12)13)16(14,15)11-4-10/h1-3,11H,(H,12,13). The largest absolute Gasteiger partial charge is 0.478 e. The lowest BCUT2D eigenvalue weighted by atomic mass is 10.2. The van der Waals surface area contributed by atoms with Crippen LogP contribution in [0.15, 0.2) is 23.1 Å². The number of hydrogen-bond acceptors (Lipinski definition) is 4. The first kappa shape index (κ1) is 11.9. The monoisotopic (exact) mass is 244 g/mol. The van der Waals surface area contributed by atoms with Gasteiger partial charge in [0.2, 0.25) is 0 Å². The third kappa shape index (κ3) is 2.26. The first-order valence-corrected chi connectivity index (χ1v) is 5.30. The second kappa shape index (κ2) is 4.16. The number of carboxylic acids is 1. The van der Waals surface area contributed by atoms with E-state index in [0.29, 0.717) is 12.1 Å². The van der Waals surface area contributed by atoms with Gasteiger partial charge in [0, 0.05) is 0 Å². The molecule has 0 fully saturated rings. The number of benzene rings is 1. The van der Waals surface area contributed by atoms with E-state index in [1.165, 1.54) is 10.9 Å². The first-order chi connectivity index (χ1) is 7.38. The highest BCUT2D eigenvalue weighted by Crippen LogP contribution is 2.14. The highest BCUT2D eigenvalue weighted by Gasteiger charge is 2.18. The van der Waals surface area contributed by atoms with E-state index in [1.807, 2.05) is 0 Å². The summed E-state index contributed by atoms with van der Waals surface area (Å²) in [6.45, 7) is 0. The molecule has 0 radical (unpaired) electrons. The van der Waals surface area contributed by atoms with Gasteiger partial charge >= 0.3 is 5.97 Å². The van der Waals surface area contributed by atoms with Crippen molar-refractivity contribution in [1.82, 2.24) is 4.72 Å². The fourth-order valence-corrected chi connectivity index (χ4v) is 1.71. The Hall–Kier alpha value is -2.14. The maximum Gasteiger partial charge on any atom is 0.338 e. The van der Waals surface area contributed by atoms with Crippen molar-refractivity contribution in [2.24, 2.45) is 0 Å². The van der Waals surface area contributed by atoms with E-state index >= 15 is 0 Å². The van der Waals surface area contributed by atoms with Crippen molar-refractivity contribution in [2.75, 3.05) is 0 Å². The molecule has 1 aromatic carbocycles. The summed E-state index contributed by atoms with van der Waals surface area (Å²) in [5.41, 5.74) is -0.777. The summed E-state index contributed by atoms with van der Waals surface area (Å²) < 4.78 is 37.0. The van der Waals surface area contributed by atoms with E-state index in [4.69, 9.17) is 10.4 Å². The second-order valence-electron chi connectivity index (χ2n) is 2.66. The van der Waals surface area contributed by atoms with Gasteiger partial charge in [-0.05, 0) is 18.2 Å². The average Bonchev–Trinajstić information content (AvgIpc) is 2.17. The molecule has 16 heavy (non-hydrogen) atoms. The lowest BCUT2D eigenvalue weighted by molar-refractivity contribution is 0.0691. The highest BCUT2D eigenvalue weighted by atomic mass is 32.2. The smallest absolute Gasteiger partial charge is 0.338 e. The van der Waals surface area contributed by atoms with Crippen molar-refractivity contribution in [2.45, 2.75) is 4.90 Å². The third-order valence-electron chi connectivity index (χ3n) is 1.66. The van der Waals surface area contributed by atoms with Gasteiger partial charge in [-0.25, -0.2) is 22.3 Å². The van der Waals surface area contributed by atoms with Gasteiger partial charge in [0.25, 0.3) is 10.0 Å². The molecule has 1 rings (SSSR count). The zero-order valence-electron chi connectivity index (χ0n) is 7.64. The summed E-state index contributed by atoms with van der Waals surface area (Å²) in [5, 5.41) is 16.7. The van der Waals surface area contributed by atoms with Crippen LogP contribution in [0.1, 0.15) is 10.4 Å². The maximum atomic E-state index is 12.9. The minimum absolute atomic E-state index is 0.493. The zero-order valence-corrected chi connectivity index (χ0v) is 8.45. The zero-order chi connectivity index (χ0) is 12.3. The molecule has 0 saturated heterocycles. The number of carbonyl (C=O) groups is 1. The summed E-state index contributed by atoms with van der Waals surface area (Å²) in [5.74, 6) is -2.64. The Bertz CT molecular complexity index is 576. The van der Waals surface area contributed by atoms with Crippen molar-refractivity contribution in [3.8, 4) is 6.19 Å². The Morgan fingerprint density at radius 3 is 2.62 bits per heavy atom. The van der Waals surface area contributed by atoms with Gasteiger partial charge in [0.05, 0.1) is 10.5 Å². The number of carboxylic acid groups (broad SMARTS) is 1. The van der Waals surface area contributed by atoms with Crippen LogP contribution in [0.2, 0.25) is 0 Å². The molecule has 0 aliphatic carbocycles. The van der Waals surface area contributed by atoms with Crippen molar-refractivity contribution in [3.05, 3.63) is 29.6 Å². The number of nitriles is 1. The molecule has 84 valence electrons. The SMILES string of the molecule is N#CNS(=O)(=O)c1ccc(F)c(C(=O)O)c1. The van der Waals surface area contributed by atoms with Crippen molar-refractivity contribution in [3.63, 3.8) is 0 Å². The Morgan fingerprint density at radius 2 is 2.12 bits per heavy atom. The summed E-state index contributed by atoms with van der Waals surface area (Å²) >= 11 is 0. The van der Waals surface area contributed by atoms with Gasteiger partial charge in [-0.1, -0.05) is 0 Å². The van der Waals surface area contributed by atoms with Crippen LogP contribution < -0.4 is 4.72 Å². The van der Waals surface area contributed by atoms with Crippen LogP contribution in [-0.4, -0.2) is 19.5 Å². The van der Waals surface area contributed by atoms with Crippen LogP contribution in [0.25, 0.3) is 0 Å². The first-order valence-electron chi connectivity index (χ1n) is 3.82. The van der Waals surface area contributed by atoms with Crippen molar-refractivity contribution in [1.29, 1.82) is 5.26 Å². The van der Waals surface area contributed by atoms with Crippen molar-refractivity contribution >= 4 is 16.0 Å². The predicted molar refractivity (Wildman–Crippen MR) is 49.3 cm³/mol. The molecule has 0 spiro atoms. The van der Waals surface area contributed by atoms with E-state index in [0.717, 1.165) is 6.07 Å². The molecule has 1 aromatic rings. The summed E-state index contributed by atoms with van der Waals surface area (Å²) in [6, 6.07) is 2.20.